The van der Waals surface area contributed by atoms with E-state index in [2.05, 4.69) is 30.8 Å². The van der Waals surface area contributed by atoms with Gasteiger partial charge >= 0.3 is 6.09 Å². The molecule has 3 aromatic rings. The molecule has 3 heterocycles. The molecular weight excluding hydrogens is 401 g/mol. The number of H-pyrrole nitrogens is 1. The number of amides is 1. The van der Waals surface area contributed by atoms with Crippen LogP contribution >= 0.6 is 0 Å². The largest absolute Gasteiger partial charge is 0.443 e. The molecule has 31 heavy (non-hydrogen) atoms. The lowest BCUT2D eigenvalue weighted by Gasteiger charge is -2.18. The Hall–Kier alpha value is -3.17. The minimum absolute atomic E-state index is 0.0575. The fourth-order valence-electron chi connectivity index (χ4n) is 4.09. The van der Waals surface area contributed by atoms with Crippen LogP contribution < -0.4 is 10.6 Å². The molecule has 0 spiro atoms. The molecule has 0 aromatic carbocycles. The molecule has 2 aliphatic carbocycles. The van der Waals surface area contributed by atoms with Crippen molar-refractivity contribution in [3.63, 3.8) is 0 Å². The molecule has 5 rings (SSSR count). The van der Waals surface area contributed by atoms with Crippen LogP contribution in [0.25, 0.3) is 5.65 Å². The van der Waals surface area contributed by atoms with Crippen LogP contribution in [0.1, 0.15) is 62.8 Å². The first-order chi connectivity index (χ1) is 15.0. The van der Waals surface area contributed by atoms with Gasteiger partial charge in [0, 0.05) is 42.0 Å². The van der Waals surface area contributed by atoms with Crippen LogP contribution in [-0.4, -0.2) is 49.0 Å². The fourth-order valence-corrected chi connectivity index (χ4v) is 4.09. The highest BCUT2D eigenvalue weighted by Crippen LogP contribution is 2.40. The average molecular weight is 427 g/mol. The molecule has 2 fully saturated rings. The fraction of sp³-hybridized carbons (Fsp3) is 0.524. The van der Waals surface area contributed by atoms with Crippen LogP contribution in [0.3, 0.4) is 0 Å². The summed E-state index contributed by atoms with van der Waals surface area (Å²) in [4.78, 5) is 20.9. The Labute approximate surface area is 178 Å². The molecule has 2 aliphatic rings. The van der Waals surface area contributed by atoms with Crippen molar-refractivity contribution in [3.8, 4) is 0 Å². The molecule has 9 nitrogen and oxygen atoms in total. The Bertz CT molecular complexity index is 1090. The SMILES string of the molecule is CC(C)NC(=O)O[C@@H]1CC[C@H](c2cc(Nc3nccc4nc(C5CC5)cn34)n[nH]2)[C@@H]1F. The third-order valence-electron chi connectivity index (χ3n) is 5.80. The lowest BCUT2D eigenvalue weighted by atomic mass is 10.0. The van der Waals surface area contributed by atoms with E-state index in [1.807, 2.05) is 30.5 Å². The molecule has 0 saturated heterocycles. The van der Waals surface area contributed by atoms with Crippen molar-refractivity contribution in [2.24, 2.45) is 0 Å². The third kappa shape index (κ3) is 4.06. The van der Waals surface area contributed by atoms with Gasteiger partial charge in [0.05, 0.1) is 5.69 Å². The van der Waals surface area contributed by atoms with Gasteiger partial charge in [0.2, 0.25) is 5.95 Å². The summed E-state index contributed by atoms with van der Waals surface area (Å²) >= 11 is 0. The average Bonchev–Trinajstić information content (AvgIpc) is 3.14. The Morgan fingerprint density at radius 1 is 1.32 bits per heavy atom. The summed E-state index contributed by atoms with van der Waals surface area (Å²) in [6, 6.07) is 3.60. The van der Waals surface area contributed by atoms with Crippen molar-refractivity contribution in [1.29, 1.82) is 0 Å². The minimum atomic E-state index is -1.29. The second-order valence-electron chi connectivity index (χ2n) is 8.64. The molecule has 0 aliphatic heterocycles. The highest BCUT2D eigenvalue weighted by atomic mass is 19.1. The number of imidazole rings is 1. The van der Waals surface area contributed by atoms with Crippen LogP contribution in [-0.2, 0) is 4.74 Å². The maximum atomic E-state index is 15.0. The lowest BCUT2D eigenvalue weighted by Crippen LogP contribution is -2.36. The predicted molar refractivity (Wildman–Crippen MR) is 112 cm³/mol. The van der Waals surface area contributed by atoms with E-state index in [4.69, 9.17) is 4.74 Å². The summed E-state index contributed by atoms with van der Waals surface area (Å²) in [5, 5.41) is 13.0. The quantitative estimate of drug-likeness (QED) is 0.552. The number of aromatic nitrogens is 5. The van der Waals surface area contributed by atoms with Gasteiger partial charge in [-0.1, -0.05) is 0 Å². The van der Waals surface area contributed by atoms with Gasteiger partial charge in [0.15, 0.2) is 5.82 Å². The molecule has 1 amide bonds. The van der Waals surface area contributed by atoms with Gasteiger partial charge in [-0.25, -0.2) is 19.2 Å². The topological polar surface area (TPSA) is 109 Å². The van der Waals surface area contributed by atoms with E-state index in [9.17, 15) is 9.18 Å². The molecule has 2 saturated carbocycles. The normalized spacial score (nSPS) is 23.4. The van der Waals surface area contributed by atoms with Gasteiger partial charge in [-0.2, -0.15) is 5.10 Å². The number of hydrogen-bond acceptors (Lipinski definition) is 6. The Morgan fingerprint density at radius 3 is 2.94 bits per heavy atom. The summed E-state index contributed by atoms with van der Waals surface area (Å²) in [5.41, 5.74) is 2.58. The van der Waals surface area contributed by atoms with E-state index in [0.29, 0.717) is 36.2 Å². The molecule has 0 radical (unpaired) electrons. The monoisotopic (exact) mass is 427 g/mol. The molecule has 3 N–H and O–H groups in total. The number of carbonyl (C=O) groups is 1. The number of carbonyl (C=O) groups excluding carboxylic acids is 1. The predicted octanol–water partition coefficient (Wildman–Crippen LogP) is 3.79. The van der Waals surface area contributed by atoms with E-state index in [1.165, 1.54) is 12.8 Å². The maximum absolute atomic E-state index is 15.0. The van der Waals surface area contributed by atoms with Crippen molar-refractivity contribution in [3.05, 3.63) is 35.9 Å². The Balaban J connectivity index is 1.27. The summed E-state index contributed by atoms with van der Waals surface area (Å²) < 4.78 is 22.1. The van der Waals surface area contributed by atoms with Crippen molar-refractivity contribution < 1.29 is 13.9 Å². The zero-order valence-electron chi connectivity index (χ0n) is 17.5. The standard InChI is InChI=1S/C21H26FN7O2/c1-11(2)24-21(30)31-16-6-5-13(19(16)22)14-9-17(28-27-14)26-20-23-8-7-18-25-15(10-29(18)20)12-3-4-12/h7-13,16,19H,3-6H2,1-2H3,(H,24,30)(H2,23,26,27,28)/t13-,16-,19+/m1/s1. The second kappa shape index (κ2) is 7.82. The number of aromatic amines is 1. The van der Waals surface area contributed by atoms with E-state index < -0.39 is 24.3 Å². The molecule has 0 unspecified atom stereocenters. The van der Waals surface area contributed by atoms with Crippen LogP contribution in [0.4, 0.5) is 21.0 Å². The second-order valence-corrected chi connectivity index (χ2v) is 8.64. The number of alkyl halides is 1. The van der Waals surface area contributed by atoms with Gasteiger partial charge in [0.25, 0.3) is 0 Å². The van der Waals surface area contributed by atoms with Gasteiger partial charge in [0.1, 0.15) is 17.9 Å². The molecular formula is C21H26FN7O2. The van der Waals surface area contributed by atoms with Crippen molar-refractivity contribution in [1.82, 2.24) is 29.9 Å². The van der Waals surface area contributed by atoms with E-state index in [1.54, 1.807) is 12.3 Å². The smallest absolute Gasteiger partial charge is 0.407 e. The zero-order valence-corrected chi connectivity index (χ0v) is 17.5. The Morgan fingerprint density at radius 2 is 2.16 bits per heavy atom. The van der Waals surface area contributed by atoms with Gasteiger partial charge in [-0.15, -0.1) is 0 Å². The number of ether oxygens (including phenoxy) is 1. The number of nitrogens with zero attached hydrogens (tertiary/aromatic N) is 4. The van der Waals surface area contributed by atoms with Crippen LogP contribution in [0.15, 0.2) is 24.5 Å². The third-order valence-corrected chi connectivity index (χ3v) is 5.80. The number of rotatable bonds is 6. The number of nitrogens with one attached hydrogen (secondary N) is 3. The molecule has 3 aromatic heterocycles. The zero-order chi connectivity index (χ0) is 21.5. The number of alkyl carbamates (subject to hydrolysis) is 1. The van der Waals surface area contributed by atoms with Crippen LogP contribution in [0, 0.1) is 0 Å². The van der Waals surface area contributed by atoms with Gasteiger partial charge in [-0.3, -0.25) is 9.50 Å². The number of fused-ring (bicyclic) bond motifs is 1. The van der Waals surface area contributed by atoms with Crippen molar-refractivity contribution in [2.75, 3.05) is 5.32 Å². The summed E-state index contributed by atoms with van der Waals surface area (Å²) in [6.45, 7) is 3.66. The first kappa shape index (κ1) is 19.8. The summed E-state index contributed by atoms with van der Waals surface area (Å²) in [6.07, 6.45) is 4.48. The summed E-state index contributed by atoms with van der Waals surface area (Å²) in [7, 11) is 0. The van der Waals surface area contributed by atoms with E-state index in [0.717, 1.165) is 11.3 Å². The minimum Gasteiger partial charge on any atom is -0.443 e. The molecule has 164 valence electrons. The van der Waals surface area contributed by atoms with Gasteiger partial charge in [-0.05, 0) is 45.6 Å². The highest BCUT2D eigenvalue weighted by Gasteiger charge is 2.41. The number of anilines is 2. The highest BCUT2D eigenvalue weighted by molar-refractivity contribution is 5.67. The van der Waals surface area contributed by atoms with E-state index >= 15 is 0 Å². The number of halogens is 1. The maximum Gasteiger partial charge on any atom is 0.407 e. The van der Waals surface area contributed by atoms with Crippen LogP contribution in [0.2, 0.25) is 0 Å². The number of hydrogen-bond donors (Lipinski definition) is 3. The first-order valence-corrected chi connectivity index (χ1v) is 10.8. The molecule has 0 bridgehead atoms. The summed E-state index contributed by atoms with van der Waals surface area (Å²) in [5.74, 6) is 1.29. The van der Waals surface area contributed by atoms with E-state index in [-0.39, 0.29) is 6.04 Å². The van der Waals surface area contributed by atoms with Crippen molar-refractivity contribution in [2.45, 2.75) is 69.7 Å². The lowest BCUT2D eigenvalue weighted by molar-refractivity contribution is 0.0555. The molecule has 3 atom stereocenters. The van der Waals surface area contributed by atoms with Crippen molar-refractivity contribution >= 4 is 23.5 Å². The Kier molecular flexibility index (Phi) is 4.99. The first-order valence-electron chi connectivity index (χ1n) is 10.8. The van der Waals surface area contributed by atoms with Gasteiger partial charge < -0.3 is 15.4 Å². The van der Waals surface area contributed by atoms with Crippen LogP contribution in [0.5, 0.6) is 0 Å². The molecule has 10 heteroatoms.